The van der Waals surface area contributed by atoms with Crippen molar-refractivity contribution < 1.29 is 14.6 Å². The van der Waals surface area contributed by atoms with Gasteiger partial charge >= 0.3 is 0 Å². The Morgan fingerprint density at radius 2 is 2.00 bits per heavy atom. The van der Waals surface area contributed by atoms with E-state index in [1.54, 1.807) is 6.92 Å². The van der Waals surface area contributed by atoms with Crippen molar-refractivity contribution in [2.24, 2.45) is 11.8 Å². The number of benzene rings is 1. The molecule has 1 aliphatic carbocycles. The second-order valence-corrected chi connectivity index (χ2v) is 5.95. The molecule has 0 bridgehead atoms. The molecule has 1 saturated carbocycles. The first-order valence-corrected chi connectivity index (χ1v) is 7.72. The van der Waals surface area contributed by atoms with Crippen LogP contribution < -0.4 is 10.1 Å². The number of aliphatic hydroxyl groups excluding tert-OH is 1. The fraction of sp³-hybridized carbons (Fsp3) is 0.588. The van der Waals surface area contributed by atoms with Crippen LogP contribution in [-0.2, 0) is 4.79 Å². The molecule has 1 amide bonds. The van der Waals surface area contributed by atoms with Crippen molar-refractivity contribution in [3.8, 4) is 5.75 Å². The highest BCUT2D eigenvalue weighted by atomic mass is 16.5. The number of hydrogen-bond donors (Lipinski definition) is 2. The molecular weight excluding hydrogens is 266 g/mol. The summed E-state index contributed by atoms with van der Waals surface area (Å²) in [6, 6.07) is 7.67. The quantitative estimate of drug-likeness (QED) is 0.845. The predicted octanol–water partition coefficient (Wildman–Crippen LogP) is 2.29. The number of carbonyl (C=O) groups is 1. The van der Waals surface area contributed by atoms with Crippen molar-refractivity contribution in [2.75, 3.05) is 13.2 Å². The Morgan fingerprint density at radius 1 is 1.33 bits per heavy atom. The second-order valence-electron chi connectivity index (χ2n) is 5.95. The molecule has 1 fully saturated rings. The molecule has 2 N–H and O–H groups in total. The summed E-state index contributed by atoms with van der Waals surface area (Å²) in [6.45, 7) is 4.62. The lowest BCUT2D eigenvalue weighted by molar-refractivity contribution is -0.127. The van der Waals surface area contributed by atoms with E-state index in [4.69, 9.17) is 4.74 Å². The van der Waals surface area contributed by atoms with E-state index in [-0.39, 0.29) is 12.5 Å². The molecule has 1 aromatic carbocycles. The predicted molar refractivity (Wildman–Crippen MR) is 82.2 cm³/mol. The molecular formula is C17H25NO3. The van der Waals surface area contributed by atoms with Crippen molar-refractivity contribution in [3.05, 3.63) is 29.8 Å². The molecule has 1 aromatic rings. The Kier molecular flexibility index (Phi) is 5.62. The van der Waals surface area contributed by atoms with Gasteiger partial charge in [0.25, 0.3) is 5.91 Å². The second kappa shape index (κ2) is 7.46. The van der Waals surface area contributed by atoms with Crippen molar-refractivity contribution in [2.45, 2.75) is 39.2 Å². The van der Waals surface area contributed by atoms with E-state index in [0.29, 0.717) is 24.1 Å². The van der Waals surface area contributed by atoms with Crippen molar-refractivity contribution in [1.29, 1.82) is 0 Å². The van der Waals surface area contributed by atoms with Crippen LogP contribution in [0.5, 0.6) is 5.75 Å². The minimum absolute atomic E-state index is 0.0980. The highest BCUT2D eigenvalue weighted by molar-refractivity contribution is 5.80. The Labute approximate surface area is 126 Å². The Hall–Kier alpha value is -1.55. The molecule has 0 radical (unpaired) electrons. The lowest BCUT2D eigenvalue weighted by Gasteiger charge is -2.20. The van der Waals surface area contributed by atoms with Gasteiger partial charge in [-0.15, -0.1) is 0 Å². The van der Waals surface area contributed by atoms with Gasteiger partial charge in [-0.2, -0.15) is 0 Å². The summed E-state index contributed by atoms with van der Waals surface area (Å²) in [5.41, 5.74) is 1.16. The largest absolute Gasteiger partial charge is 0.481 e. The van der Waals surface area contributed by atoms with E-state index in [0.717, 1.165) is 24.8 Å². The fourth-order valence-electron chi connectivity index (χ4n) is 2.87. The van der Waals surface area contributed by atoms with Gasteiger partial charge in [-0.1, -0.05) is 24.1 Å². The average Bonchev–Trinajstić information content (AvgIpc) is 2.94. The summed E-state index contributed by atoms with van der Waals surface area (Å²) >= 11 is 0. The molecule has 3 atom stereocenters. The van der Waals surface area contributed by atoms with Crippen LogP contribution in [0.15, 0.2) is 24.3 Å². The maximum Gasteiger partial charge on any atom is 0.260 e. The normalized spacial score (nSPS) is 22.8. The number of carbonyl (C=O) groups excluding carboxylic acids is 1. The number of aryl methyl sites for hydroxylation is 1. The minimum atomic E-state index is -0.512. The Morgan fingerprint density at radius 3 is 2.67 bits per heavy atom. The summed E-state index contributed by atoms with van der Waals surface area (Å²) in [6.07, 6.45) is 2.77. The first-order valence-electron chi connectivity index (χ1n) is 7.72. The molecule has 0 saturated heterocycles. The molecule has 21 heavy (non-hydrogen) atoms. The number of nitrogens with one attached hydrogen (secondary N) is 1. The third-order valence-electron chi connectivity index (χ3n) is 4.29. The number of rotatable bonds is 6. The van der Waals surface area contributed by atoms with Crippen LogP contribution in [0.1, 0.15) is 31.7 Å². The molecule has 2 rings (SSSR count). The van der Waals surface area contributed by atoms with Crippen LogP contribution in [0.25, 0.3) is 0 Å². The molecule has 0 spiro atoms. The first-order chi connectivity index (χ1) is 10.1. The van der Waals surface area contributed by atoms with E-state index in [9.17, 15) is 9.90 Å². The molecule has 4 heteroatoms. The monoisotopic (exact) mass is 291 g/mol. The van der Waals surface area contributed by atoms with Crippen LogP contribution in [0.3, 0.4) is 0 Å². The first kappa shape index (κ1) is 15.8. The summed E-state index contributed by atoms with van der Waals surface area (Å²) in [7, 11) is 0. The van der Waals surface area contributed by atoms with Gasteiger partial charge in [0.1, 0.15) is 5.75 Å². The van der Waals surface area contributed by atoms with Gasteiger partial charge in [-0.05, 0) is 50.7 Å². The zero-order valence-electron chi connectivity index (χ0n) is 12.8. The van der Waals surface area contributed by atoms with Crippen molar-refractivity contribution >= 4 is 5.91 Å². The summed E-state index contributed by atoms with van der Waals surface area (Å²) in [5.74, 6) is 1.33. The van der Waals surface area contributed by atoms with Gasteiger partial charge < -0.3 is 15.2 Å². The molecule has 3 unspecified atom stereocenters. The fourth-order valence-corrected chi connectivity index (χ4v) is 2.87. The van der Waals surface area contributed by atoms with Crippen molar-refractivity contribution in [1.82, 2.24) is 5.32 Å². The molecule has 1 aliphatic rings. The van der Waals surface area contributed by atoms with E-state index in [2.05, 4.69) is 5.32 Å². The van der Waals surface area contributed by atoms with Gasteiger partial charge in [0.2, 0.25) is 0 Å². The molecule has 0 aromatic heterocycles. The van der Waals surface area contributed by atoms with Crippen LogP contribution in [0, 0.1) is 18.8 Å². The highest BCUT2D eigenvalue weighted by Gasteiger charge is 2.27. The maximum atomic E-state index is 12.1. The van der Waals surface area contributed by atoms with Crippen LogP contribution >= 0.6 is 0 Å². The Bertz CT molecular complexity index is 458. The number of aliphatic hydroxyl groups is 1. The van der Waals surface area contributed by atoms with Gasteiger partial charge in [0.15, 0.2) is 6.10 Å². The summed E-state index contributed by atoms with van der Waals surface area (Å²) in [4.78, 5) is 12.1. The van der Waals surface area contributed by atoms with E-state index in [1.165, 1.54) is 0 Å². The van der Waals surface area contributed by atoms with E-state index in [1.807, 2.05) is 31.2 Å². The van der Waals surface area contributed by atoms with E-state index >= 15 is 0 Å². The summed E-state index contributed by atoms with van der Waals surface area (Å²) in [5, 5.41) is 12.2. The third kappa shape index (κ3) is 4.46. The van der Waals surface area contributed by atoms with Crippen LogP contribution in [0.4, 0.5) is 0 Å². The molecule has 0 heterocycles. The van der Waals surface area contributed by atoms with Crippen molar-refractivity contribution in [3.63, 3.8) is 0 Å². The van der Waals surface area contributed by atoms with Crippen LogP contribution in [-0.4, -0.2) is 30.3 Å². The smallest absolute Gasteiger partial charge is 0.260 e. The molecule has 0 aliphatic heterocycles. The maximum absolute atomic E-state index is 12.1. The molecule has 4 nitrogen and oxygen atoms in total. The summed E-state index contributed by atoms with van der Waals surface area (Å²) < 4.78 is 5.64. The standard InChI is InChI=1S/C17H25NO3/c1-12-6-8-16(9-7-12)21-13(2)17(20)18-10-14-4-3-5-15(14)11-19/h6-9,13-15,19H,3-5,10-11H2,1-2H3,(H,18,20). The van der Waals surface area contributed by atoms with Crippen LogP contribution in [0.2, 0.25) is 0 Å². The number of amides is 1. The van der Waals surface area contributed by atoms with Gasteiger partial charge in [-0.3, -0.25) is 4.79 Å². The highest BCUT2D eigenvalue weighted by Crippen LogP contribution is 2.30. The molecule has 116 valence electrons. The average molecular weight is 291 g/mol. The van der Waals surface area contributed by atoms with Gasteiger partial charge in [0.05, 0.1) is 0 Å². The lowest BCUT2D eigenvalue weighted by Crippen LogP contribution is -2.39. The SMILES string of the molecule is Cc1ccc(OC(C)C(=O)NCC2CCCC2CO)cc1. The zero-order valence-corrected chi connectivity index (χ0v) is 12.8. The lowest BCUT2D eigenvalue weighted by atomic mass is 9.97. The van der Waals surface area contributed by atoms with Gasteiger partial charge in [-0.25, -0.2) is 0 Å². The zero-order chi connectivity index (χ0) is 15.2. The van der Waals surface area contributed by atoms with E-state index < -0.39 is 6.10 Å². The van der Waals surface area contributed by atoms with Gasteiger partial charge in [0, 0.05) is 13.2 Å². The third-order valence-corrected chi connectivity index (χ3v) is 4.29. The topological polar surface area (TPSA) is 58.6 Å². The number of hydrogen-bond acceptors (Lipinski definition) is 3. The number of ether oxygens (including phenoxy) is 1. The minimum Gasteiger partial charge on any atom is -0.481 e. The Balaban J connectivity index is 1.78.